The van der Waals surface area contributed by atoms with E-state index >= 15 is 0 Å². The fourth-order valence-corrected chi connectivity index (χ4v) is 1.32. The number of hydrogen-bond donors (Lipinski definition) is 2. The molecular formula is C11H18N2O3. The molecule has 0 aliphatic carbocycles. The van der Waals surface area contributed by atoms with E-state index in [-0.39, 0.29) is 12.5 Å². The summed E-state index contributed by atoms with van der Waals surface area (Å²) in [5.74, 6) is -0.0650. The minimum atomic E-state index is -0.502. The van der Waals surface area contributed by atoms with Crippen molar-refractivity contribution < 1.29 is 14.6 Å². The van der Waals surface area contributed by atoms with Crippen LogP contribution in [-0.2, 0) is 16.1 Å². The van der Waals surface area contributed by atoms with Crippen molar-refractivity contribution in [3.8, 4) is 0 Å². The number of nitrogens with one attached hydrogen (secondary N) is 1. The minimum absolute atomic E-state index is 0.0650. The highest BCUT2D eigenvalue weighted by molar-refractivity contribution is 5.75. The second kappa shape index (κ2) is 6.30. The molecule has 0 aromatic carbocycles. The van der Waals surface area contributed by atoms with E-state index < -0.39 is 6.10 Å². The molecule has 0 spiro atoms. The fourth-order valence-electron chi connectivity index (χ4n) is 1.32. The number of carbonyl (C=O) groups excluding carboxylic acids is 1. The zero-order valence-corrected chi connectivity index (χ0v) is 9.64. The molecule has 1 aromatic heterocycles. The van der Waals surface area contributed by atoms with E-state index in [1.165, 1.54) is 0 Å². The molecule has 16 heavy (non-hydrogen) atoms. The molecule has 0 saturated heterocycles. The van der Waals surface area contributed by atoms with Crippen molar-refractivity contribution in [2.45, 2.75) is 19.6 Å². The smallest absolute Gasteiger partial charge is 0.239 e. The molecule has 1 aromatic rings. The van der Waals surface area contributed by atoms with Gasteiger partial charge in [0.15, 0.2) is 0 Å². The lowest BCUT2D eigenvalue weighted by Gasteiger charge is -2.05. The van der Waals surface area contributed by atoms with E-state index in [1.54, 1.807) is 37.1 Å². The van der Waals surface area contributed by atoms with Gasteiger partial charge in [-0.05, 0) is 18.6 Å². The summed E-state index contributed by atoms with van der Waals surface area (Å²) in [5, 5.41) is 12.0. The largest absolute Gasteiger partial charge is 0.389 e. The summed E-state index contributed by atoms with van der Waals surface area (Å²) < 4.78 is 6.56. The first-order valence-corrected chi connectivity index (χ1v) is 5.23. The first kappa shape index (κ1) is 12.7. The van der Waals surface area contributed by atoms with Gasteiger partial charge in [0.25, 0.3) is 0 Å². The van der Waals surface area contributed by atoms with Crippen LogP contribution < -0.4 is 5.32 Å². The van der Waals surface area contributed by atoms with Gasteiger partial charge in [-0.3, -0.25) is 4.79 Å². The standard InChI is InChI=1S/C11H18N2O3/c1-9(14)10-3-5-13(7-10)8-11(15)12-4-6-16-2/h3,5,7,9,14H,4,6,8H2,1-2H3,(H,12,15). The molecule has 2 N–H and O–H groups in total. The number of nitrogens with zero attached hydrogens (tertiary/aromatic N) is 1. The lowest BCUT2D eigenvalue weighted by molar-refractivity contribution is -0.121. The number of carbonyl (C=O) groups is 1. The van der Waals surface area contributed by atoms with E-state index in [2.05, 4.69) is 5.32 Å². The molecular weight excluding hydrogens is 208 g/mol. The number of rotatable bonds is 6. The predicted octanol–water partition coefficient (Wildman–Crippen LogP) is 0.304. The number of amides is 1. The number of hydrogen-bond acceptors (Lipinski definition) is 3. The van der Waals surface area contributed by atoms with E-state index in [0.717, 1.165) is 5.56 Å². The molecule has 1 atom stereocenters. The molecule has 1 rings (SSSR count). The summed E-state index contributed by atoms with van der Waals surface area (Å²) in [6.07, 6.45) is 3.04. The van der Waals surface area contributed by atoms with Crippen LogP contribution >= 0.6 is 0 Å². The molecule has 1 amide bonds. The molecule has 90 valence electrons. The average Bonchev–Trinajstić information content (AvgIpc) is 2.66. The van der Waals surface area contributed by atoms with Crippen LogP contribution in [0.15, 0.2) is 18.5 Å². The van der Waals surface area contributed by atoms with Crippen molar-refractivity contribution in [2.75, 3.05) is 20.3 Å². The van der Waals surface area contributed by atoms with Crippen molar-refractivity contribution in [3.63, 3.8) is 0 Å². The van der Waals surface area contributed by atoms with Crippen LogP contribution in [-0.4, -0.2) is 35.8 Å². The first-order valence-electron chi connectivity index (χ1n) is 5.23. The highest BCUT2D eigenvalue weighted by Gasteiger charge is 2.05. The second-order valence-electron chi connectivity index (χ2n) is 3.64. The summed E-state index contributed by atoms with van der Waals surface area (Å²) in [7, 11) is 1.59. The van der Waals surface area contributed by atoms with Gasteiger partial charge in [0.1, 0.15) is 6.54 Å². The number of aliphatic hydroxyl groups is 1. The molecule has 0 radical (unpaired) electrons. The molecule has 0 bridgehead atoms. The van der Waals surface area contributed by atoms with Crippen LogP contribution in [0.4, 0.5) is 0 Å². The highest BCUT2D eigenvalue weighted by Crippen LogP contribution is 2.11. The highest BCUT2D eigenvalue weighted by atomic mass is 16.5. The van der Waals surface area contributed by atoms with Crippen molar-refractivity contribution >= 4 is 5.91 Å². The quantitative estimate of drug-likeness (QED) is 0.686. The summed E-state index contributed by atoms with van der Waals surface area (Å²) >= 11 is 0. The summed E-state index contributed by atoms with van der Waals surface area (Å²) in [6.45, 7) is 2.98. The van der Waals surface area contributed by atoms with Crippen LogP contribution in [0.3, 0.4) is 0 Å². The Morgan fingerprint density at radius 2 is 2.44 bits per heavy atom. The molecule has 0 saturated carbocycles. The van der Waals surface area contributed by atoms with Crippen molar-refractivity contribution in [2.24, 2.45) is 0 Å². The fraction of sp³-hybridized carbons (Fsp3) is 0.545. The third kappa shape index (κ3) is 4.04. The SMILES string of the molecule is COCCNC(=O)Cn1ccc(C(C)O)c1. The van der Waals surface area contributed by atoms with E-state index in [4.69, 9.17) is 4.74 Å². The minimum Gasteiger partial charge on any atom is -0.389 e. The van der Waals surface area contributed by atoms with Gasteiger partial charge in [-0.25, -0.2) is 0 Å². The first-order chi connectivity index (χ1) is 7.63. The molecule has 5 nitrogen and oxygen atoms in total. The van der Waals surface area contributed by atoms with Gasteiger partial charge in [0.2, 0.25) is 5.91 Å². The topological polar surface area (TPSA) is 63.5 Å². The molecule has 0 aliphatic heterocycles. The molecule has 1 unspecified atom stereocenters. The predicted molar refractivity (Wildman–Crippen MR) is 60.0 cm³/mol. The number of aromatic nitrogens is 1. The number of ether oxygens (including phenoxy) is 1. The van der Waals surface area contributed by atoms with Gasteiger partial charge in [-0.1, -0.05) is 0 Å². The van der Waals surface area contributed by atoms with Crippen LogP contribution in [0, 0.1) is 0 Å². The Kier molecular flexibility index (Phi) is 5.01. The Balaban J connectivity index is 2.37. The van der Waals surface area contributed by atoms with Gasteiger partial charge in [0, 0.05) is 26.0 Å². The third-order valence-electron chi connectivity index (χ3n) is 2.21. The van der Waals surface area contributed by atoms with E-state index in [9.17, 15) is 9.90 Å². The van der Waals surface area contributed by atoms with Gasteiger partial charge in [-0.2, -0.15) is 0 Å². The van der Waals surface area contributed by atoms with Crippen molar-refractivity contribution in [1.82, 2.24) is 9.88 Å². The number of methoxy groups -OCH3 is 1. The Bertz CT molecular complexity index is 334. The Morgan fingerprint density at radius 1 is 1.69 bits per heavy atom. The Morgan fingerprint density at radius 3 is 3.00 bits per heavy atom. The maximum Gasteiger partial charge on any atom is 0.239 e. The Labute approximate surface area is 95.0 Å². The Hall–Kier alpha value is -1.33. The van der Waals surface area contributed by atoms with Crippen molar-refractivity contribution in [1.29, 1.82) is 0 Å². The van der Waals surface area contributed by atoms with Crippen LogP contribution in [0.5, 0.6) is 0 Å². The third-order valence-corrected chi connectivity index (χ3v) is 2.21. The molecule has 1 heterocycles. The normalized spacial score (nSPS) is 12.4. The molecule has 0 fully saturated rings. The lowest BCUT2D eigenvalue weighted by atomic mass is 10.2. The van der Waals surface area contributed by atoms with E-state index in [0.29, 0.717) is 13.2 Å². The zero-order valence-electron chi connectivity index (χ0n) is 9.64. The molecule has 0 aliphatic rings. The van der Waals surface area contributed by atoms with Gasteiger partial charge in [0.05, 0.1) is 12.7 Å². The van der Waals surface area contributed by atoms with E-state index in [1.807, 2.05) is 0 Å². The maximum atomic E-state index is 11.4. The summed E-state index contributed by atoms with van der Waals surface area (Å²) in [5.41, 5.74) is 0.810. The second-order valence-corrected chi connectivity index (χ2v) is 3.64. The monoisotopic (exact) mass is 226 g/mol. The summed E-state index contributed by atoms with van der Waals surface area (Å²) in [6, 6.07) is 1.80. The maximum absolute atomic E-state index is 11.4. The number of aliphatic hydroxyl groups excluding tert-OH is 1. The van der Waals surface area contributed by atoms with Crippen LogP contribution in [0.1, 0.15) is 18.6 Å². The van der Waals surface area contributed by atoms with Gasteiger partial charge in [-0.15, -0.1) is 0 Å². The average molecular weight is 226 g/mol. The van der Waals surface area contributed by atoms with Crippen molar-refractivity contribution in [3.05, 3.63) is 24.0 Å². The summed E-state index contributed by atoms with van der Waals surface area (Å²) in [4.78, 5) is 11.4. The van der Waals surface area contributed by atoms with Gasteiger partial charge < -0.3 is 19.7 Å². The lowest BCUT2D eigenvalue weighted by Crippen LogP contribution is -2.29. The van der Waals surface area contributed by atoms with Gasteiger partial charge >= 0.3 is 0 Å². The zero-order chi connectivity index (χ0) is 12.0. The van der Waals surface area contributed by atoms with Crippen LogP contribution in [0.2, 0.25) is 0 Å². The van der Waals surface area contributed by atoms with Crippen LogP contribution in [0.25, 0.3) is 0 Å². The molecule has 5 heteroatoms.